The van der Waals surface area contributed by atoms with Crippen LogP contribution in [-0.2, 0) is 28.5 Å². The predicted octanol–water partition coefficient (Wildman–Crippen LogP) is 2.16. The van der Waals surface area contributed by atoms with Crippen LogP contribution in [0.15, 0.2) is 29.2 Å². The third-order valence-electron chi connectivity index (χ3n) is 2.87. The van der Waals surface area contributed by atoms with E-state index in [2.05, 4.69) is 6.92 Å². The third kappa shape index (κ3) is 9.02. The normalized spacial score (nSPS) is 11.7. The van der Waals surface area contributed by atoms with Crippen molar-refractivity contribution < 1.29 is 26.8 Å². The van der Waals surface area contributed by atoms with Crippen molar-refractivity contribution in [3.8, 4) is 0 Å². The Morgan fingerprint density at radius 2 is 1.26 bits per heavy atom. The van der Waals surface area contributed by atoms with Crippen LogP contribution in [0.5, 0.6) is 0 Å². The molecule has 0 saturated carbocycles. The number of benzene rings is 1. The molecule has 0 atom stereocenters. The molecule has 0 bridgehead atoms. The lowest BCUT2D eigenvalue weighted by molar-refractivity contribution is 0.00979. The van der Waals surface area contributed by atoms with Crippen molar-refractivity contribution in [2.75, 3.05) is 46.2 Å². The highest BCUT2D eigenvalue weighted by atomic mass is 32.2. The lowest BCUT2D eigenvalue weighted by Gasteiger charge is -2.08. The summed E-state index contributed by atoms with van der Waals surface area (Å²) >= 11 is 0. The number of rotatable bonds is 13. The van der Waals surface area contributed by atoms with E-state index < -0.39 is 10.1 Å². The second-order valence-electron chi connectivity index (χ2n) is 4.93. The maximum absolute atomic E-state index is 11.9. The smallest absolute Gasteiger partial charge is 0.297 e. The van der Waals surface area contributed by atoms with Crippen LogP contribution in [0, 0.1) is 6.92 Å². The van der Waals surface area contributed by atoms with Gasteiger partial charge in [0.1, 0.15) is 0 Å². The van der Waals surface area contributed by atoms with Crippen LogP contribution in [0.25, 0.3) is 0 Å². The highest BCUT2D eigenvalue weighted by Gasteiger charge is 2.14. The molecule has 0 amide bonds. The average molecular weight is 346 g/mol. The van der Waals surface area contributed by atoms with Gasteiger partial charge in [0.25, 0.3) is 10.1 Å². The van der Waals surface area contributed by atoms with E-state index in [-0.39, 0.29) is 18.1 Å². The van der Waals surface area contributed by atoms with Gasteiger partial charge in [0.2, 0.25) is 0 Å². The van der Waals surface area contributed by atoms with Gasteiger partial charge in [0.05, 0.1) is 44.5 Å². The van der Waals surface area contributed by atoms with Crippen LogP contribution in [-0.4, -0.2) is 54.7 Å². The molecule has 0 aliphatic rings. The van der Waals surface area contributed by atoms with Gasteiger partial charge in [-0.3, -0.25) is 4.18 Å². The molecule has 0 aliphatic carbocycles. The van der Waals surface area contributed by atoms with Crippen molar-refractivity contribution in [3.63, 3.8) is 0 Å². The van der Waals surface area contributed by atoms with E-state index in [4.69, 9.17) is 18.4 Å². The molecule has 0 aliphatic heterocycles. The quantitative estimate of drug-likeness (QED) is 0.403. The van der Waals surface area contributed by atoms with Crippen LogP contribution in [0.3, 0.4) is 0 Å². The summed E-state index contributed by atoms with van der Waals surface area (Å²) in [7, 11) is -3.72. The molecule has 23 heavy (non-hydrogen) atoms. The van der Waals surface area contributed by atoms with Gasteiger partial charge >= 0.3 is 0 Å². The van der Waals surface area contributed by atoms with Gasteiger partial charge in [-0.05, 0) is 25.5 Å². The van der Waals surface area contributed by atoms with Gasteiger partial charge in [-0.25, -0.2) is 0 Å². The van der Waals surface area contributed by atoms with E-state index in [1.807, 2.05) is 6.92 Å². The summed E-state index contributed by atoms with van der Waals surface area (Å²) < 4.78 is 44.5. The molecule has 0 aromatic heterocycles. The molecule has 132 valence electrons. The second kappa shape index (κ2) is 11.5. The lowest BCUT2D eigenvalue weighted by Crippen LogP contribution is -2.14. The molecule has 1 aromatic carbocycles. The van der Waals surface area contributed by atoms with Crippen LogP contribution >= 0.6 is 0 Å². The van der Waals surface area contributed by atoms with Gasteiger partial charge in [-0.1, -0.05) is 24.6 Å². The van der Waals surface area contributed by atoms with Crippen molar-refractivity contribution in [2.24, 2.45) is 0 Å². The Labute approximate surface area is 138 Å². The van der Waals surface area contributed by atoms with Gasteiger partial charge in [-0.2, -0.15) is 8.42 Å². The summed E-state index contributed by atoms with van der Waals surface area (Å²) in [5.74, 6) is 0. The number of aryl methyl sites for hydroxylation is 1. The van der Waals surface area contributed by atoms with Crippen LogP contribution < -0.4 is 0 Å². The fourth-order valence-corrected chi connectivity index (χ4v) is 2.55. The summed E-state index contributed by atoms with van der Waals surface area (Å²) in [6.45, 7) is 6.80. The number of ether oxygens (including phenoxy) is 3. The molecule has 0 radical (unpaired) electrons. The fraction of sp³-hybridized carbons (Fsp3) is 0.625. The summed E-state index contributed by atoms with van der Waals surface area (Å²) in [6, 6.07) is 6.52. The molecular weight excluding hydrogens is 320 g/mol. The molecule has 1 aromatic rings. The van der Waals surface area contributed by atoms with Crippen LogP contribution in [0.2, 0.25) is 0 Å². The van der Waals surface area contributed by atoms with E-state index in [1.54, 1.807) is 12.1 Å². The highest BCUT2D eigenvalue weighted by molar-refractivity contribution is 7.86. The molecule has 0 spiro atoms. The maximum atomic E-state index is 11.9. The standard InChI is InChI=1S/C16H26O6S/c1-3-8-19-9-10-20-11-12-21-13-14-22-23(17,18)16-6-4-15(2)5-7-16/h4-7H,3,8-14H2,1-2H3. The first-order valence-electron chi connectivity index (χ1n) is 7.75. The van der Waals surface area contributed by atoms with Crippen molar-refractivity contribution >= 4 is 10.1 Å². The first kappa shape index (κ1) is 20.1. The zero-order valence-corrected chi connectivity index (χ0v) is 14.6. The Kier molecular flexibility index (Phi) is 10.1. The van der Waals surface area contributed by atoms with E-state index in [9.17, 15) is 8.42 Å². The molecule has 0 unspecified atom stereocenters. The minimum absolute atomic E-state index is 0.0180. The lowest BCUT2D eigenvalue weighted by atomic mass is 10.2. The summed E-state index contributed by atoms with van der Waals surface area (Å²) in [4.78, 5) is 0.151. The Hall–Kier alpha value is -0.990. The Morgan fingerprint density at radius 1 is 0.783 bits per heavy atom. The maximum Gasteiger partial charge on any atom is 0.297 e. The van der Waals surface area contributed by atoms with Gasteiger partial charge in [0.15, 0.2) is 0 Å². The minimum Gasteiger partial charge on any atom is -0.379 e. The number of hydrogen-bond acceptors (Lipinski definition) is 6. The van der Waals surface area contributed by atoms with Crippen molar-refractivity contribution in [1.82, 2.24) is 0 Å². The zero-order valence-electron chi connectivity index (χ0n) is 13.8. The SMILES string of the molecule is CCCOCCOCCOCCOS(=O)(=O)c1ccc(C)cc1. The first-order chi connectivity index (χ1) is 11.1. The summed E-state index contributed by atoms with van der Waals surface area (Å²) in [6.07, 6.45) is 0.995. The van der Waals surface area contributed by atoms with E-state index in [1.165, 1.54) is 12.1 Å². The first-order valence-corrected chi connectivity index (χ1v) is 9.16. The zero-order chi connectivity index (χ0) is 17.0. The fourth-order valence-electron chi connectivity index (χ4n) is 1.66. The molecule has 0 heterocycles. The largest absolute Gasteiger partial charge is 0.379 e. The van der Waals surface area contributed by atoms with Gasteiger partial charge in [-0.15, -0.1) is 0 Å². The third-order valence-corrected chi connectivity index (χ3v) is 4.19. The van der Waals surface area contributed by atoms with Gasteiger partial charge in [0, 0.05) is 6.61 Å². The van der Waals surface area contributed by atoms with Gasteiger partial charge < -0.3 is 14.2 Å². The van der Waals surface area contributed by atoms with Crippen LogP contribution in [0.4, 0.5) is 0 Å². The summed E-state index contributed by atoms with van der Waals surface area (Å²) in [5, 5.41) is 0. The highest BCUT2D eigenvalue weighted by Crippen LogP contribution is 2.12. The van der Waals surface area contributed by atoms with E-state index in [0.717, 1.165) is 18.6 Å². The van der Waals surface area contributed by atoms with Crippen LogP contribution in [0.1, 0.15) is 18.9 Å². The van der Waals surface area contributed by atoms with Crippen molar-refractivity contribution in [1.29, 1.82) is 0 Å². The monoisotopic (exact) mass is 346 g/mol. The topological polar surface area (TPSA) is 71.1 Å². The molecular formula is C16H26O6S. The summed E-state index contributed by atoms with van der Waals surface area (Å²) in [5.41, 5.74) is 0.993. The second-order valence-corrected chi connectivity index (χ2v) is 6.54. The van der Waals surface area contributed by atoms with E-state index in [0.29, 0.717) is 26.4 Å². The van der Waals surface area contributed by atoms with Crippen molar-refractivity contribution in [2.45, 2.75) is 25.2 Å². The Bertz CT molecular complexity index is 512. The Morgan fingerprint density at radius 3 is 1.78 bits per heavy atom. The molecule has 7 heteroatoms. The predicted molar refractivity (Wildman–Crippen MR) is 87.1 cm³/mol. The number of hydrogen-bond donors (Lipinski definition) is 0. The Balaban J connectivity index is 2.05. The van der Waals surface area contributed by atoms with E-state index >= 15 is 0 Å². The van der Waals surface area contributed by atoms with Crippen molar-refractivity contribution in [3.05, 3.63) is 29.8 Å². The molecule has 0 saturated heterocycles. The molecule has 1 rings (SSSR count). The molecule has 0 N–H and O–H groups in total. The minimum atomic E-state index is -3.72. The molecule has 6 nitrogen and oxygen atoms in total. The molecule has 0 fully saturated rings. The average Bonchev–Trinajstić information content (AvgIpc) is 2.53.